The zero-order chi connectivity index (χ0) is 16.9. The molecular formula is C18H25N3O3. The summed E-state index contributed by atoms with van der Waals surface area (Å²) in [4.78, 5) is 26.5. The molecule has 2 atom stereocenters. The Morgan fingerprint density at radius 1 is 1.12 bits per heavy atom. The van der Waals surface area contributed by atoms with Crippen LogP contribution in [0, 0.1) is 5.92 Å². The van der Waals surface area contributed by atoms with Gasteiger partial charge in [0.2, 0.25) is 11.8 Å². The smallest absolute Gasteiger partial charge is 0.248 e. The van der Waals surface area contributed by atoms with Crippen molar-refractivity contribution in [2.24, 2.45) is 5.92 Å². The highest BCUT2D eigenvalue weighted by Crippen LogP contribution is 2.29. The summed E-state index contributed by atoms with van der Waals surface area (Å²) in [7, 11) is 0. The normalized spacial score (nSPS) is 25.3. The van der Waals surface area contributed by atoms with Crippen LogP contribution in [-0.2, 0) is 9.59 Å². The summed E-state index contributed by atoms with van der Waals surface area (Å²) >= 11 is 0. The molecule has 0 bridgehead atoms. The van der Waals surface area contributed by atoms with Crippen LogP contribution in [0.2, 0.25) is 0 Å². The molecule has 0 saturated carbocycles. The van der Waals surface area contributed by atoms with Gasteiger partial charge in [0.1, 0.15) is 0 Å². The number of likely N-dealkylation sites (tertiary alicyclic amines) is 1. The van der Waals surface area contributed by atoms with E-state index in [4.69, 9.17) is 5.21 Å². The number of carbonyl (C=O) groups is 2. The van der Waals surface area contributed by atoms with Gasteiger partial charge in [-0.3, -0.25) is 14.8 Å². The number of benzene rings is 1. The molecule has 2 amide bonds. The summed E-state index contributed by atoms with van der Waals surface area (Å²) in [6.45, 7) is 2.15. The maximum atomic E-state index is 12.8. The van der Waals surface area contributed by atoms with E-state index in [0.717, 1.165) is 25.8 Å². The van der Waals surface area contributed by atoms with Gasteiger partial charge in [-0.2, -0.15) is 0 Å². The molecule has 6 nitrogen and oxygen atoms in total. The predicted octanol–water partition coefficient (Wildman–Crippen LogP) is 1.27. The largest absolute Gasteiger partial charge is 0.341 e. The van der Waals surface area contributed by atoms with E-state index in [-0.39, 0.29) is 5.91 Å². The molecule has 2 aliphatic heterocycles. The van der Waals surface area contributed by atoms with Crippen molar-refractivity contribution >= 4 is 11.8 Å². The van der Waals surface area contributed by atoms with Crippen molar-refractivity contribution < 1.29 is 14.8 Å². The van der Waals surface area contributed by atoms with E-state index in [9.17, 15) is 9.59 Å². The number of hydrogen-bond donors (Lipinski definition) is 3. The number of rotatable bonds is 3. The number of hydroxylamine groups is 1. The van der Waals surface area contributed by atoms with Crippen LogP contribution >= 0.6 is 0 Å². The highest BCUT2D eigenvalue weighted by molar-refractivity contribution is 5.90. The van der Waals surface area contributed by atoms with E-state index in [0.29, 0.717) is 25.4 Å². The Hall–Kier alpha value is -1.92. The van der Waals surface area contributed by atoms with Crippen LogP contribution in [0.3, 0.4) is 0 Å². The van der Waals surface area contributed by atoms with Crippen LogP contribution in [0.15, 0.2) is 30.3 Å². The molecule has 3 rings (SSSR count). The standard InChI is InChI=1S/C18H25N3O3/c22-17(20-24)15-7-4-10-19-16(15)18(23)21-11-8-14(9-12-21)13-5-2-1-3-6-13/h1-3,5-6,14-16,19,24H,4,7-12H2,(H,20,22)/t15?,16-/m0/s1. The molecule has 1 unspecified atom stereocenters. The molecule has 1 aromatic rings. The molecule has 130 valence electrons. The van der Waals surface area contributed by atoms with Gasteiger partial charge in [-0.05, 0) is 43.7 Å². The molecule has 2 fully saturated rings. The summed E-state index contributed by atoms with van der Waals surface area (Å²) < 4.78 is 0. The van der Waals surface area contributed by atoms with Crippen molar-refractivity contribution in [2.75, 3.05) is 19.6 Å². The van der Waals surface area contributed by atoms with Crippen molar-refractivity contribution in [2.45, 2.75) is 37.6 Å². The third-order valence-corrected chi connectivity index (χ3v) is 5.25. The molecular weight excluding hydrogens is 306 g/mol. The average molecular weight is 331 g/mol. The maximum absolute atomic E-state index is 12.8. The lowest BCUT2D eigenvalue weighted by Crippen LogP contribution is -2.57. The first-order valence-electron chi connectivity index (χ1n) is 8.71. The molecule has 0 radical (unpaired) electrons. The molecule has 2 heterocycles. The Morgan fingerprint density at radius 2 is 1.83 bits per heavy atom. The number of nitrogens with zero attached hydrogens (tertiary/aromatic N) is 1. The topological polar surface area (TPSA) is 81.7 Å². The molecule has 2 aliphatic rings. The van der Waals surface area contributed by atoms with Crippen LogP contribution < -0.4 is 10.8 Å². The lowest BCUT2D eigenvalue weighted by atomic mass is 9.86. The Morgan fingerprint density at radius 3 is 2.50 bits per heavy atom. The average Bonchev–Trinajstić information content (AvgIpc) is 2.67. The van der Waals surface area contributed by atoms with E-state index in [1.807, 2.05) is 11.0 Å². The van der Waals surface area contributed by atoms with Gasteiger partial charge in [0.25, 0.3) is 0 Å². The van der Waals surface area contributed by atoms with Crippen LogP contribution in [0.5, 0.6) is 0 Å². The molecule has 2 saturated heterocycles. The Bertz CT molecular complexity index is 570. The number of piperidine rings is 2. The highest BCUT2D eigenvalue weighted by Gasteiger charge is 2.38. The minimum absolute atomic E-state index is 0.0187. The molecule has 1 aromatic carbocycles. The zero-order valence-electron chi connectivity index (χ0n) is 13.8. The number of nitrogens with one attached hydrogen (secondary N) is 2. The number of hydrogen-bond acceptors (Lipinski definition) is 4. The summed E-state index contributed by atoms with van der Waals surface area (Å²) in [6.07, 6.45) is 3.34. The molecule has 0 spiro atoms. The lowest BCUT2D eigenvalue weighted by molar-refractivity contribution is -0.144. The van der Waals surface area contributed by atoms with Gasteiger partial charge in [0.05, 0.1) is 12.0 Å². The minimum atomic E-state index is -0.529. The summed E-state index contributed by atoms with van der Waals surface area (Å²) in [5, 5.41) is 12.1. The van der Waals surface area contributed by atoms with Crippen molar-refractivity contribution in [3.8, 4) is 0 Å². The molecule has 3 N–H and O–H groups in total. The molecule has 6 heteroatoms. The SMILES string of the molecule is O=C(NO)C1CCCN[C@@H]1C(=O)N1CCC(c2ccccc2)CC1. The van der Waals surface area contributed by atoms with Gasteiger partial charge in [-0.15, -0.1) is 0 Å². The Balaban J connectivity index is 1.61. The fourth-order valence-corrected chi connectivity index (χ4v) is 3.87. The van der Waals surface area contributed by atoms with Gasteiger partial charge < -0.3 is 10.2 Å². The van der Waals surface area contributed by atoms with Gasteiger partial charge in [0, 0.05) is 13.1 Å². The first-order chi connectivity index (χ1) is 11.7. The second-order valence-corrected chi connectivity index (χ2v) is 6.67. The fourth-order valence-electron chi connectivity index (χ4n) is 3.87. The third-order valence-electron chi connectivity index (χ3n) is 5.25. The van der Waals surface area contributed by atoms with Crippen LogP contribution in [0.1, 0.15) is 37.2 Å². The van der Waals surface area contributed by atoms with Gasteiger partial charge in [0.15, 0.2) is 0 Å². The monoisotopic (exact) mass is 331 g/mol. The Labute approximate surface area is 142 Å². The third kappa shape index (κ3) is 3.60. The van der Waals surface area contributed by atoms with Crippen LogP contribution in [0.25, 0.3) is 0 Å². The maximum Gasteiger partial charge on any atom is 0.248 e. The van der Waals surface area contributed by atoms with Crippen molar-refractivity contribution in [3.05, 3.63) is 35.9 Å². The van der Waals surface area contributed by atoms with E-state index >= 15 is 0 Å². The number of carbonyl (C=O) groups excluding carboxylic acids is 2. The van der Waals surface area contributed by atoms with Gasteiger partial charge in [-0.25, -0.2) is 5.48 Å². The van der Waals surface area contributed by atoms with Crippen LogP contribution in [0.4, 0.5) is 0 Å². The summed E-state index contributed by atoms with van der Waals surface area (Å²) in [5.41, 5.74) is 3.03. The van der Waals surface area contributed by atoms with Crippen LogP contribution in [-0.4, -0.2) is 47.6 Å². The lowest BCUT2D eigenvalue weighted by Gasteiger charge is -2.38. The van der Waals surface area contributed by atoms with E-state index < -0.39 is 17.9 Å². The quantitative estimate of drug-likeness (QED) is 0.575. The Kier molecular flexibility index (Phi) is 5.48. The summed E-state index contributed by atoms with van der Waals surface area (Å²) in [6, 6.07) is 9.88. The molecule has 0 aromatic heterocycles. The van der Waals surface area contributed by atoms with E-state index in [1.165, 1.54) is 5.56 Å². The summed E-state index contributed by atoms with van der Waals surface area (Å²) in [5.74, 6) is -0.497. The highest BCUT2D eigenvalue weighted by atomic mass is 16.5. The number of amides is 2. The van der Waals surface area contributed by atoms with Gasteiger partial charge in [-0.1, -0.05) is 30.3 Å². The first kappa shape index (κ1) is 16.9. The first-order valence-corrected chi connectivity index (χ1v) is 8.71. The van der Waals surface area contributed by atoms with Crippen molar-refractivity contribution in [3.63, 3.8) is 0 Å². The van der Waals surface area contributed by atoms with Gasteiger partial charge >= 0.3 is 0 Å². The van der Waals surface area contributed by atoms with E-state index in [2.05, 4.69) is 29.6 Å². The molecule has 0 aliphatic carbocycles. The van der Waals surface area contributed by atoms with E-state index in [1.54, 1.807) is 5.48 Å². The second-order valence-electron chi connectivity index (χ2n) is 6.67. The van der Waals surface area contributed by atoms with Crippen molar-refractivity contribution in [1.29, 1.82) is 0 Å². The minimum Gasteiger partial charge on any atom is -0.341 e. The fraction of sp³-hybridized carbons (Fsp3) is 0.556. The molecule has 24 heavy (non-hydrogen) atoms. The zero-order valence-corrected chi connectivity index (χ0v) is 13.8. The predicted molar refractivity (Wildman–Crippen MR) is 89.4 cm³/mol. The van der Waals surface area contributed by atoms with Crippen molar-refractivity contribution in [1.82, 2.24) is 15.7 Å². The second kappa shape index (κ2) is 7.77.